The van der Waals surface area contributed by atoms with E-state index in [9.17, 15) is 38.4 Å². The van der Waals surface area contributed by atoms with E-state index in [0.717, 1.165) is 6.07 Å². The van der Waals surface area contributed by atoms with Crippen molar-refractivity contribution in [2.75, 3.05) is 5.75 Å². The van der Waals surface area contributed by atoms with Gasteiger partial charge in [-0.15, -0.1) is 0 Å². The fourth-order valence-electron chi connectivity index (χ4n) is 2.37. The molecule has 0 aliphatic carbocycles. The molecular weight excluding hydrogens is 473 g/mol. The Kier molecular flexibility index (Phi) is 5.19. The number of aromatic nitrogens is 2. The number of rotatable bonds is 5. The van der Waals surface area contributed by atoms with Crippen LogP contribution in [0.1, 0.15) is 6.92 Å². The van der Waals surface area contributed by atoms with Gasteiger partial charge in [0.2, 0.25) is 5.89 Å². The summed E-state index contributed by atoms with van der Waals surface area (Å²) in [6, 6.07) is 4.71. The number of sulfone groups is 1. The zero-order chi connectivity index (χ0) is 22.5. The summed E-state index contributed by atoms with van der Waals surface area (Å²) in [7, 11) is -16.1. The van der Waals surface area contributed by atoms with Crippen molar-refractivity contribution in [3.63, 3.8) is 0 Å². The van der Waals surface area contributed by atoms with E-state index in [-0.39, 0.29) is 33.3 Å². The largest absolute Gasteiger partial charge is 0.512 e. The number of hydrogen-bond donors (Lipinski definition) is 0. The Morgan fingerprint density at radius 3 is 2.30 bits per heavy atom. The Morgan fingerprint density at radius 1 is 1.03 bits per heavy atom. The number of nitrogens with zero attached hydrogens (tertiary/aromatic N) is 2. The van der Waals surface area contributed by atoms with Crippen molar-refractivity contribution < 1.29 is 42.8 Å². The monoisotopic (exact) mass is 484 g/mol. The molecule has 1 aromatic carbocycles. The third-order valence-electron chi connectivity index (χ3n) is 3.91. The molecule has 3 aromatic rings. The first-order valence-electron chi connectivity index (χ1n) is 7.87. The van der Waals surface area contributed by atoms with E-state index in [1.807, 2.05) is 0 Å². The van der Waals surface area contributed by atoms with E-state index >= 15 is 0 Å². The average molecular weight is 484 g/mol. The summed E-state index contributed by atoms with van der Waals surface area (Å²) < 4.78 is 115. The lowest BCUT2D eigenvalue weighted by Crippen LogP contribution is -2.30. The van der Waals surface area contributed by atoms with E-state index in [4.69, 9.17) is 4.42 Å². The van der Waals surface area contributed by atoms with Gasteiger partial charge in [0.05, 0.1) is 15.5 Å². The second kappa shape index (κ2) is 7.02. The summed E-state index contributed by atoms with van der Waals surface area (Å²) in [5.41, 5.74) is -6.65. The van der Waals surface area contributed by atoms with Crippen LogP contribution in [0.4, 0.5) is 13.2 Å². The van der Waals surface area contributed by atoms with Crippen LogP contribution in [0.2, 0.25) is 0 Å². The zero-order valence-corrected chi connectivity index (χ0v) is 17.2. The molecule has 9 nitrogen and oxygen atoms in total. The molecule has 0 N–H and O–H groups in total. The number of pyridine rings is 1. The number of alkyl halides is 3. The molecule has 15 heteroatoms. The Bertz CT molecular complexity index is 1460. The number of halogens is 3. The standard InChI is InChI=1S/C15H11F3N2O7S3/c1-2-28(21,22)12-4-3-7-19-13(12)14-20-10-8-9(5-6-11(10)27-14)29(23,24)30(25,26)15(16,17)18/h3-8H,2H2,1H3. The van der Waals surface area contributed by atoms with Crippen LogP contribution in [-0.4, -0.2) is 46.5 Å². The van der Waals surface area contributed by atoms with Gasteiger partial charge in [-0.1, -0.05) is 6.92 Å². The lowest BCUT2D eigenvalue weighted by Gasteiger charge is -2.08. The summed E-state index contributed by atoms with van der Waals surface area (Å²) in [6.45, 7) is 1.40. The van der Waals surface area contributed by atoms with Crippen LogP contribution in [0.15, 0.2) is 50.7 Å². The average Bonchev–Trinajstić information content (AvgIpc) is 3.10. The number of hydrogen-bond acceptors (Lipinski definition) is 9. The molecule has 0 saturated heterocycles. The van der Waals surface area contributed by atoms with Gasteiger partial charge in [-0.05, 0) is 30.3 Å². The second-order valence-corrected chi connectivity index (χ2v) is 13.4. The minimum Gasteiger partial charge on any atom is -0.435 e. The van der Waals surface area contributed by atoms with Crippen LogP contribution >= 0.6 is 0 Å². The Hall–Kier alpha value is -2.52. The van der Waals surface area contributed by atoms with Crippen LogP contribution in [0, 0.1) is 0 Å². The van der Waals surface area contributed by atoms with Gasteiger partial charge in [0.15, 0.2) is 15.4 Å². The maximum atomic E-state index is 12.7. The highest BCUT2D eigenvalue weighted by molar-refractivity contribution is 8.67. The number of benzene rings is 1. The van der Waals surface area contributed by atoms with Crippen LogP contribution < -0.4 is 0 Å². The topological polar surface area (TPSA) is 141 Å². The van der Waals surface area contributed by atoms with Crippen molar-refractivity contribution in [3.8, 4) is 11.6 Å². The minimum atomic E-state index is -6.55. The lowest BCUT2D eigenvalue weighted by molar-refractivity contribution is -0.0412. The van der Waals surface area contributed by atoms with Gasteiger partial charge in [-0.3, -0.25) is 0 Å². The highest BCUT2D eigenvalue weighted by Gasteiger charge is 2.55. The quantitative estimate of drug-likeness (QED) is 0.499. The SMILES string of the molecule is CCS(=O)(=O)c1cccnc1-c1nc2cc(S(=O)(=O)S(=O)(=O)C(F)(F)F)ccc2o1. The molecule has 3 rings (SSSR count). The van der Waals surface area contributed by atoms with Crippen molar-refractivity contribution in [3.05, 3.63) is 36.5 Å². The van der Waals surface area contributed by atoms with Gasteiger partial charge in [0.1, 0.15) is 11.2 Å². The summed E-state index contributed by atoms with van der Waals surface area (Å²) in [6.07, 6.45) is 1.25. The van der Waals surface area contributed by atoms with Gasteiger partial charge < -0.3 is 4.42 Å². The van der Waals surface area contributed by atoms with Gasteiger partial charge in [0, 0.05) is 6.20 Å². The van der Waals surface area contributed by atoms with Crippen molar-refractivity contribution >= 4 is 38.7 Å². The van der Waals surface area contributed by atoms with Crippen LogP contribution in [0.5, 0.6) is 0 Å². The van der Waals surface area contributed by atoms with Crippen LogP contribution in [0.25, 0.3) is 22.7 Å². The molecule has 0 atom stereocenters. The Labute approximate surface area is 167 Å². The van der Waals surface area contributed by atoms with Crippen molar-refractivity contribution in [2.45, 2.75) is 22.2 Å². The summed E-state index contributed by atoms with van der Waals surface area (Å²) >= 11 is 0. The van der Waals surface area contributed by atoms with Gasteiger partial charge in [-0.2, -0.15) is 13.2 Å². The molecule has 0 fully saturated rings. The van der Waals surface area contributed by atoms with E-state index < -0.39 is 38.0 Å². The molecule has 2 heterocycles. The van der Waals surface area contributed by atoms with Gasteiger partial charge >= 0.3 is 14.4 Å². The fourth-order valence-corrected chi connectivity index (χ4v) is 6.21. The molecule has 0 bridgehead atoms. The summed E-state index contributed by atoms with van der Waals surface area (Å²) in [5, 5.41) is 0. The van der Waals surface area contributed by atoms with Crippen molar-refractivity contribution in [1.82, 2.24) is 9.97 Å². The molecule has 30 heavy (non-hydrogen) atoms. The summed E-state index contributed by atoms with van der Waals surface area (Å²) in [5.74, 6) is -0.602. The molecule has 162 valence electrons. The second-order valence-electron chi connectivity index (χ2n) is 5.76. The first-order valence-corrected chi connectivity index (χ1v) is 13.0. The Morgan fingerprint density at radius 2 is 1.70 bits per heavy atom. The zero-order valence-electron chi connectivity index (χ0n) is 14.8. The van der Waals surface area contributed by atoms with E-state index in [0.29, 0.717) is 12.1 Å². The summed E-state index contributed by atoms with van der Waals surface area (Å²) in [4.78, 5) is 6.39. The number of fused-ring (bicyclic) bond motifs is 1. The maximum Gasteiger partial charge on any atom is 0.512 e. The van der Waals surface area contributed by atoms with Crippen LogP contribution in [0.3, 0.4) is 0 Å². The fraction of sp³-hybridized carbons (Fsp3) is 0.200. The molecule has 0 saturated carbocycles. The van der Waals surface area contributed by atoms with Gasteiger partial charge in [-0.25, -0.2) is 35.2 Å². The maximum absolute atomic E-state index is 12.7. The highest BCUT2D eigenvalue weighted by atomic mass is 33.2. The van der Waals surface area contributed by atoms with Crippen molar-refractivity contribution in [2.24, 2.45) is 0 Å². The third kappa shape index (κ3) is 3.45. The van der Waals surface area contributed by atoms with Gasteiger partial charge in [0.25, 0.3) is 8.87 Å². The highest BCUT2D eigenvalue weighted by Crippen LogP contribution is 2.34. The minimum absolute atomic E-state index is 0.126. The first kappa shape index (κ1) is 22.2. The molecule has 0 unspecified atom stereocenters. The van der Waals surface area contributed by atoms with E-state index in [1.165, 1.54) is 25.3 Å². The first-order chi connectivity index (χ1) is 13.7. The molecule has 0 aliphatic rings. The molecule has 2 aromatic heterocycles. The predicted octanol–water partition coefficient (Wildman–Crippen LogP) is 2.31. The van der Waals surface area contributed by atoms with E-state index in [2.05, 4.69) is 9.97 Å². The van der Waals surface area contributed by atoms with Crippen molar-refractivity contribution in [1.29, 1.82) is 0 Å². The molecule has 0 spiro atoms. The number of oxazole rings is 1. The molecule has 0 aliphatic heterocycles. The molecular formula is C15H11F3N2O7S3. The molecule has 0 radical (unpaired) electrons. The molecule has 0 amide bonds. The third-order valence-corrected chi connectivity index (χ3v) is 10.5. The lowest BCUT2D eigenvalue weighted by atomic mass is 10.3. The Balaban J connectivity index is 2.19. The predicted molar refractivity (Wildman–Crippen MR) is 97.1 cm³/mol. The normalized spacial score (nSPS) is 13.6. The van der Waals surface area contributed by atoms with Crippen LogP contribution in [-0.2, 0) is 27.6 Å². The van der Waals surface area contributed by atoms with E-state index in [1.54, 1.807) is 0 Å². The smallest absolute Gasteiger partial charge is 0.435 e.